The van der Waals surface area contributed by atoms with Crippen molar-refractivity contribution >= 4 is 5.97 Å². The minimum absolute atomic E-state index is 0.204. The van der Waals surface area contributed by atoms with Crippen molar-refractivity contribution < 1.29 is 9.53 Å². The van der Waals surface area contributed by atoms with Gasteiger partial charge in [-0.25, -0.2) is 0 Å². The number of carbonyl (C=O) groups excluding carboxylic acids is 1. The fraction of sp³-hybridized carbons (Fsp3) is 0.316. The highest BCUT2D eigenvalue weighted by atomic mass is 16.5. The third-order valence-electron chi connectivity index (χ3n) is 3.84. The van der Waals surface area contributed by atoms with E-state index in [0.29, 0.717) is 19.4 Å². The Balaban J connectivity index is 2.31. The summed E-state index contributed by atoms with van der Waals surface area (Å²) in [6.07, 6.45) is 1.19. The number of esters is 1. The fourth-order valence-electron chi connectivity index (χ4n) is 2.64. The molecule has 0 saturated heterocycles. The monoisotopic (exact) mass is 297 g/mol. The molecule has 0 bridgehead atoms. The number of benzene rings is 2. The van der Waals surface area contributed by atoms with Crippen molar-refractivity contribution in [2.75, 3.05) is 13.7 Å². The zero-order valence-electron chi connectivity index (χ0n) is 13.2. The summed E-state index contributed by atoms with van der Waals surface area (Å²) in [5, 5.41) is 3.22. The number of nitrogens with one attached hydrogen (secondary N) is 1. The van der Waals surface area contributed by atoms with E-state index >= 15 is 0 Å². The van der Waals surface area contributed by atoms with Crippen molar-refractivity contribution in [1.82, 2.24) is 5.32 Å². The normalized spacial score (nSPS) is 11.2. The third kappa shape index (κ3) is 3.95. The average Bonchev–Trinajstić information content (AvgIpc) is 2.56. The summed E-state index contributed by atoms with van der Waals surface area (Å²) in [6, 6.07) is 20.1. The van der Waals surface area contributed by atoms with Crippen LogP contribution in [-0.4, -0.2) is 25.2 Å². The van der Waals surface area contributed by atoms with Crippen LogP contribution in [0.4, 0.5) is 0 Å². The fourth-order valence-corrected chi connectivity index (χ4v) is 2.64. The molecule has 0 heterocycles. The van der Waals surface area contributed by atoms with Gasteiger partial charge in [0.1, 0.15) is 5.54 Å². The Kier molecular flexibility index (Phi) is 5.73. The molecule has 0 atom stereocenters. The molecule has 3 heteroatoms. The molecule has 2 aromatic carbocycles. The van der Waals surface area contributed by atoms with Crippen LogP contribution in [0, 0.1) is 0 Å². The van der Waals surface area contributed by atoms with Gasteiger partial charge in [-0.3, -0.25) is 4.79 Å². The first kappa shape index (κ1) is 16.2. The summed E-state index contributed by atoms with van der Waals surface area (Å²) in [5.74, 6) is -0.204. The van der Waals surface area contributed by atoms with E-state index in [-0.39, 0.29) is 5.97 Å². The molecule has 0 amide bonds. The predicted molar refractivity (Wildman–Crippen MR) is 88.7 cm³/mol. The lowest BCUT2D eigenvalue weighted by Gasteiger charge is -2.31. The first-order valence-corrected chi connectivity index (χ1v) is 7.64. The van der Waals surface area contributed by atoms with Crippen LogP contribution in [0.5, 0.6) is 0 Å². The Morgan fingerprint density at radius 1 is 0.955 bits per heavy atom. The van der Waals surface area contributed by atoms with Crippen molar-refractivity contribution in [1.29, 1.82) is 0 Å². The molecule has 0 aliphatic carbocycles. The summed E-state index contributed by atoms with van der Waals surface area (Å²) in [6.45, 7) is 2.22. The summed E-state index contributed by atoms with van der Waals surface area (Å²) < 4.78 is 5.34. The number of likely N-dealkylation sites (N-methyl/N-ethyl adjacent to an activating group) is 1. The second kappa shape index (κ2) is 7.76. The van der Waals surface area contributed by atoms with Crippen LogP contribution < -0.4 is 5.32 Å². The maximum absolute atomic E-state index is 12.6. The van der Waals surface area contributed by atoms with Gasteiger partial charge >= 0.3 is 5.97 Å². The van der Waals surface area contributed by atoms with Crippen LogP contribution in [0.2, 0.25) is 0 Å². The Bertz CT molecular complexity index is 539. The standard InChI is InChI=1S/C19H23NO2/c1-3-22-18(21)19(20-2,14-16-10-6-4-7-11-16)15-17-12-8-5-9-13-17/h4-13,20H,3,14-15H2,1-2H3. The Morgan fingerprint density at radius 2 is 1.41 bits per heavy atom. The molecule has 0 aliphatic heterocycles. The molecule has 2 aromatic rings. The smallest absolute Gasteiger partial charge is 0.327 e. The largest absolute Gasteiger partial charge is 0.465 e. The Morgan fingerprint density at radius 3 is 1.77 bits per heavy atom. The van der Waals surface area contributed by atoms with E-state index < -0.39 is 5.54 Å². The SMILES string of the molecule is CCOC(=O)C(Cc1ccccc1)(Cc1ccccc1)NC. The molecule has 0 fully saturated rings. The van der Waals surface area contributed by atoms with E-state index in [9.17, 15) is 4.79 Å². The van der Waals surface area contributed by atoms with E-state index in [1.165, 1.54) is 0 Å². The predicted octanol–water partition coefficient (Wildman–Crippen LogP) is 2.99. The summed E-state index contributed by atoms with van der Waals surface area (Å²) in [7, 11) is 1.82. The van der Waals surface area contributed by atoms with E-state index in [2.05, 4.69) is 5.32 Å². The van der Waals surface area contributed by atoms with E-state index in [1.54, 1.807) is 0 Å². The molecule has 0 spiro atoms. The maximum Gasteiger partial charge on any atom is 0.327 e. The Labute approximate surface area is 132 Å². The minimum atomic E-state index is -0.751. The lowest BCUT2D eigenvalue weighted by atomic mass is 9.84. The van der Waals surface area contributed by atoms with Crippen LogP contribution in [0.25, 0.3) is 0 Å². The number of hydrogen-bond donors (Lipinski definition) is 1. The van der Waals surface area contributed by atoms with E-state index in [1.807, 2.05) is 74.6 Å². The molecule has 22 heavy (non-hydrogen) atoms. The zero-order chi connectivity index (χ0) is 15.8. The van der Waals surface area contributed by atoms with Crippen molar-refractivity contribution in [3.63, 3.8) is 0 Å². The molecular formula is C19H23NO2. The van der Waals surface area contributed by atoms with Gasteiger partial charge in [0.15, 0.2) is 0 Å². The third-order valence-corrected chi connectivity index (χ3v) is 3.84. The van der Waals surface area contributed by atoms with E-state index in [4.69, 9.17) is 4.74 Å². The van der Waals surface area contributed by atoms with Crippen LogP contribution >= 0.6 is 0 Å². The van der Waals surface area contributed by atoms with Crippen LogP contribution in [0.1, 0.15) is 18.1 Å². The molecule has 0 radical (unpaired) electrons. The minimum Gasteiger partial charge on any atom is -0.465 e. The van der Waals surface area contributed by atoms with Crippen LogP contribution in [0.3, 0.4) is 0 Å². The highest BCUT2D eigenvalue weighted by Gasteiger charge is 2.38. The number of ether oxygens (including phenoxy) is 1. The van der Waals surface area contributed by atoms with Gasteiger partial charge < -0.3 is 10.1 Å². The van der Waals surface area contributed by atoms with Crippen LogP contribution in [-0.2, 0) is 22.4 Å². The molecule has 1 N–H and O–H groups in total. The molecule has 0 aliphatic rings. The van der Waals surface area contributed by atoms with Gasteiger partial charge in [-0.05, 0) is 25.1 Å². The zero-order valence-corrected chi connectivity index (χ0v) is 13.2. The van der Waals surface area contributed by atoms with Gasteiger partial charge in [0, 0.05) is 12.8 Å². The molecule has 116 valence electrons. The maximum atomic E-state index is 12.6. The first-order valence-electron chi connectivity index (χ1n) is 7.64. The van der Waals surface area contributed by atoms with Gasteiger partial charge in [-0.1, -0.05) is 60.7 Å². The van der Waals surface area contributed by atoms with Gasteiger partial charge in [-0.15, -0.1) is 0 Å². The van der Waals surface area contributed by atoms with Gasteiger partial charge in [0.05, 0.1) is 6.61 Å². The number of rotatable bonds is 7. The number of hydrogen-bond acceptors (Lipinski definition) is 3. The second-order valence-electron chi connectivity index (χ2n) is 5.38. The Hall–Kier alpha value is -2.13. The average molecular weight is 297 g/mol. The lowest BCUT2D eigenvalue weighted by molar-refractivity contribution is -0.151. The van der Waals surface area contributed by atoms with Gasteiger partial charge in [0.2, 0.25) is 0 Å². The molecule has 0 aromatic heterocycles. The molecule has 0 saturated carbocycles. The summed E-state index contributed by atoms with van der Waals surface area (Å²) in [5.41, 5.74) is 1.47. The summed E-state index contributed by atoms with van der Waals surface area (Å²) >= 11 is 0. The van der Waals surface area contributed by atoms with Gasteiger partial charge in [0.25, 0.3) is 0 Å². The molecular weight excluding hydrogens is 274 g/mol. The van der Waals surface area contributed by atoms with E-state index in [0.717, 1.165) is 11.1 Å². The number of carbonyl (C=O) groups is 1. The topological polar surface area (TPSA) is 38.3 Å². The quantitative estimate of drug-likeness (QED) is 0.798. The lowest BCUT2D eigenvalue weighted by Crippen LogP contribution is -2.55. The molecule has 0 unspecified atom stereocenters. The van der Waals surface area contributed by atoms with Crippen molar-refractivity contribution in [3.05, 3.63) is 71.8 Å². The summed E-state index contributed by atoms with van der Waals surface area (Å²) in [4.78, 5) is 12.6. The second-order valence-corrected chi connectivity index (χ2v) is 5.38. The van der Waals surface area contributed by atoms with Crippen LogP contribution in [0.15, 0.2) is 60.7 Å². The van der Waals surface area contributed by atoms with Crippen molar-refractivity contribution in [2.24, 2.45) is 0 Å². The first-order chi connectivity index (χ1) is 10.7. The van der Waals surface area contributed by atoms with Crippen molar-refractivity contribution in [3.8, 4) is 0 Å². The molecule has 2 rings (SSSR count). The highest BCUT2D eigenvalue weighted by molar-refractivity contribution is 5.81. The van der Waals surface area contributed by atoms with Gasteiger partial charge in [-0.2, -0.15) is 0 Å². The molecule has 3 nitrogen and oxygen atoms in total. The highest BCUT2D eigenvalue weighted by Crippen LogP contribution is 2.21. The van der Waals surface area contributed by atoms with Crippen molar-refractivity contribution in [2.45, 2.75) is 25.3 Å².